The van der Waals surface area contributed by atoms with Gasteiger partial charge in [0.15, 0.2) is 5.82 Å². The first-order valence-corrected chi connectivity index (χ1v) is 12.3. The summed E-state index contributed by atoms with van der Waals surface area (Å²) in [6.07, 6.45) is 3.90. The van der Waals surface area contributed by atoms with Gasteiger partial charge in [0.1, 0.15) is 11.5 Å². The van der Waals surface area contributed by atoms with Crippen molar-refractivity contribution in [2.45, 2.75) is 26.8 Å². The Labute approximate surface area is 211 Å². The largest absolute Gasteiger partial charge is 0.345 e. The van der Waals surface area contributed by atoms with E-state index in [0.29, 0.717) is 22.3 Å². The molecule has 0 spiro atoms. The molecule has 0 fully saturated rings. The molecule has 10 heteroatoms. The normalized spacial score (nSPS) is 11.0. The second kappa shape index (κ2) is 10.9. The number of amides is 1. The topological polar surface area (TPSA) is 113 Å². The molecule has 2 heterocycles. The van der Waals surface area contributed by atoms with Crippen molar-refractivity contribution < 1.29 is 18.4 Å². The number of nitrogens with two attached hydrogens (primary N) is 1. The molecule has 5 N–H and O–H groups in total. The van der Waals surface area contributed by atoms with Crippen molar-refractivity contribution in [2.75, 3.05) is 15.8 Å². The van der Waals surface area contributed by atoms with Gasteiger partial charge in [-0.15, -0.1) is 0 Å². The third-order valence-electron chi connectivity index (χ3n) is 5.55. The molecule has 0 bridgehead atoms. The fourth-order valence-corrected chi connectivity index (χ4v) is 4.43. The van der Waals surface area contributed by atoms with Gasteiger partial charge in [-0.3, -0.25) is 9.59 Å². The second-order valence-corrected chi connectivity index (χ2v) is 9.04. The zero-order chi connectivity index (χ0) is 25.8. The third-order valence-corrected chi connectivity index (χ3v) is 6.53. The fourth-order valence-electron chi connectivity index (χ4n) is 3.81. The van der Waals surface area contributed by atoms with Crippen LogP contribution in [-0.2, 0) is 11.3 Å². The summed E-state index contributed by atoms with van der Waals surface area (Å²) in [4.78, 5) is 32.1. The van der Waals surface area contributed by atoms with E-state index in [2.05, 4.69) is 20.0 Å². The number of hydrogen-bond donors (Lipinski definition) is 4. The molecule has 4 rings (SSSR count). The van der Waals surface area contributed by atoms with Gasteiger partial charge in [0, 0.05) is 53.8 Å². The van der Waals surface area contributed by atoms with Gasteiger partial charge in [-0.2, -0.15) is 0 Å². The number of H-pyrrole nitrogens is 1. The second-order valence-electron chi connectivity index (χ2n) is 8.14. The van der Waals surface area contributed by atoms with Crippen molar-refractivity contribution in [3.8, 4) is 11.1 Å². The molecule has 0 atom stereocenters. The van der Waals surface area contributed by atoms with Crippen LogP contribution in [0.3, 0.4) is 0 Å². The molecule has 2 aromatic heterocycles. The number of nitrogens with zero attached hydrogens (tertiary/aromatic N) is 1. The summed E-state index contributed by atoms with van der Waals surface area (Å²) < 4.78 is 32.7. The van der Waals surface area contributed by atoms with Crippen LogP contribution in [0.25, 0.3) is 22.2 Å². The van der Waals surface area contributed by atoms with E-state index in [1.54, 1.807) is 24.4 Å². The molecule has 0 unspecified atom stereocenters. The number of carbonyl (C=O) groups is 2. The van der Waals surface area contributed by atoms with Crippen molar-refractivity contribution in [2.24, 2.45) is 5.73 Å². The zero-order valence-corrected chi connectivity index (χ0v) is 20.6. The van der Waals surface area contributed by atoms with E-state index in [0.717, 1.165) is 29.4 Å². The zero-order valence-electron chi connectivity index (χ0n) is 19.7. The predicted octanol–water partition coefficient (Wildman–Crippen LogP) is 5.63. The monoisotopic (exact) mass is 509 g/mol. The Balaban J connectivity index is 1.73. The number of pyridine rings is 1. The molecular formula is C26H25F2N5O2S. The van der Waals surface area contributed by atoms with Crippen LogP contribution >= 0.6 is 11.9 Å². The SMILES string of the molecule is CCCSNc1ccc(F)c(C(=O)c2c[nH]c3ncc(-c4ccc(NC(C)=O)c(CN)c4)cc23)c1F. The molecule has 36 heavy (non-hydrogen) atoms. The lowest BCUT2D eigenvalue weighted by atomic mass is 9.98. The Kier molecular flexibility index (Phi) is 7.66. The standard InChI is InChI=1S/C26H25F2N5O2S/c1-3-8-36-33-22-7-5-20(27)23(24(22)28)25(35)19-13-31-26-18(19)10-17(12-30-26)15-4-6-21(32-14(2)34)16(9-15)11-29/h4-7,9-10,12-13,33H,3,8,11,29H2,1-2H3,(H,30,31)(H,32,34). The number of hydrogen-bond acceptors (Lipinski definition) is 6. The Hall–Kier alpha value is -3.76. The lowest BCUT2D eigenvalue weighted by Crippen LogP contribution is -2.10. The lowest BCUT2D eigenvalue weighted by Gasteiger charge is -2.11. The van der Waals surface area contributed by atoms with Crippen molar-refractivity contribution in [1.82, 2.24) is 9.97 Å². The number of nitrogens with one attached hydrogen (secondary N) is 3. The highest BCUT2D eigenvalue weighted by Crippen LogP contribution is 2.31. The first-order valence-electron chi connectivity index (χ1n) is 11.3. The average molecular weight is 510 g/mol. The van der Waals surface area contributed by atoms with Gasteiger partial charge < -0.3 is 20.8 Å². The smallest absolute Gasteiger partial charge is 0.221 e. The van der Waals surface area contributed by atoms with E-state index in [4.69, 9.17) is 5.73 Å². The minimum absolute atomic E-state index is 0.0467. The van der Waals surface area contributed by atoms with Crippen molar-refractivity contribution in [1.29, 1.82) is 0 Å². The van der Waals surface area contributed by atoms with Gasteiger partial charge in [0.2, 0.25) is 11.7 Å². The van der Waals surface area contributed by atoms with Gasteiger partial charge in [0.25, 0.3) is 0 Å². The van der Waals surface area contributed by atoms with E-state index in [-0.39, 0.29) is 23.7 Å². The van der Waals surface area contributed by atoms with Crippen LogP contribution in [0, 0.1) is 11.6 Å². The van der Waals surface area contributed by atoms with E-state index in [1.807, 2.05) is 13.0 Å². The Morgan fingerprint density at radius 2 is 1.89 bits per heavy atom. The number of aromatic nitrogens is 2. The molecule has 0 aliphatic heterocycles. The van der Waals surface area contributed by atoms with Crippen LogP contribution in [0.5, 0.6) is 0 Å². The summed E-state index contributed by atoms with van der Waals surface area (Å²) in [6, 6.07) is 9.45. The predicted molar refractivity (Wildman–Crippen MR) is 140 cm³/mol. The van der Waals surface area contributed by atoms with Gasteiger partial charge in [-0.1, -0.05) is 24.9 Å². The van der Waals surface area contributed by atoms with Crippen molar-refractivity contribution in [3.05, 3.63) is 77.1 Å². The van der Waals surface area contributed by atoms with Gasteiger partial charge >= 0.3 is 0 Å². The number of halogens is 2. The summed E-state index contributed by atoms with van der Waals surface area (Å²) in [5.74, 6) is -2.15. The summed E-state index contributed by atoms with van der Waals surface area (Å²) in [5.41, 5.74) is 8.55. The van der Waals surface area contributed by atoms with Gasteiger partial charge in [-0.05, 0) is 47.9 Å². The van der Waals surface area contributed by atoms with Gasteiger partial charge in [-0.25, -0.2) is 13.8 Å². The van der Waals surface area contributed by atoms with E-state index in [9.17, 15) is 14.0 Å². The molecular weight excluding hydrogens is 484 g/mol. The molecule has 0 aliphatic rings. The summed E-state index contributed by atoms with van der Waals surface area (Å²) in [6.45, 7) is 3.60. The molecule has 0 radical (unpaired) electrons. The van der Waals surface area contributed by atoms with Crippen molar-refractivity contribution in [3.63, 3.8) is 0 Å². The number of ketones is 1. The van der Waals surface area contributed by atoms with E-state index in [1.165, 1.54) is 31.1 Å². The fraction of sp³-hybridized carbons (Fsp3) is 0.192. The number of anilines is 2. The summed E-state index contributed by atoms with van der Waals surface area (Å²) in [7, 11) is 0. The number of aromatic amines is 1. The molecule has 4 aromatic rings. The maximum absolute atomic E-state index is 15.2. The quantitative estimate of drug-likeness (QED) is 0.132. The van der Waals surface area contributed by atoms with Crippen LogP contribution < -0.4 is 15.8 Å². The van der Waals surface area contributed by atoms with E-state index >= 15 is 4.39 Å². The minimum Gasteiger partial charge on any atom is -0.345 e. The van der Waals surface area contributed by atoms with Crippen LogP contribution in [0.2, 0.25) is 0 Å². The van der Waals surface area contributed by atoms with Crippen LogP contribution in [0.4, 0.5) is 20.2 Å². The highest BCUT2D eigenvalue weighted by atomic mass is 32.2. The molecule has 7 nitrogen and oxygen atoms in total. The van der Waals surface area contributed by atoms with Crippen LogP contribution in [0.15, 0.2) is 48.8 Å². The number of benzene rings is 2. The van der Waals surface area contributed by atoms with Gasteiger partial charge in [0.05, 0.1) is 11.3 Å². The number of fused-ring (bicyclic) bond motifs is 1. The Bertz CT molecular complexity index is 1450. The Morgan fingerprint density at radius 3 is 2.61 bits per heavy atom. The highest BCUT2D eigenvalue weighted by Gasteiger charge is 2.24. The minimum atomic E-state index is -0.942. The first kappa shape index (κ1) is 25.3. The molecule has 0 saturated heterocycles. The summed E-state index contributed by atoms with van der Waals surface area (Å²) >= 11 is 1.28. The molecule has 0 saturated carbocycles. The van der Waals surface area contributed by atoms with Crippen LogP contribution in [0.1, 0.15) is 41.8 Å². The highest BCUT2D eigenvalue weighted by molar-refractivity contribution is 8.00. The summed E-state index contributed by atoms with van der Waals surface area (Å²) in [5, 5.41) is 3.17. The molecule has 1 amide bonds. The maximum Gasteiger partial charge on any atom is 0.221 e. The van der Waals surface area contributed by atoms with Crippen molar-refractivity contribution >= 4 is 46.0 Å². The van der Waals surface area contributed by atoms with Crippen LogP contribution in [-0.4, -0.2) is 27.4 Å². The molecule has 186 valence electrons. The molecule has 2 aromatic carbocycles. The first-order chi connectivity index (χ1) is 17.3. The number of rotatable bonds is 9. The van der Waals surface area contributed by atoms with E-state index < -0.39 is 23.0 Å². The number of carbonyl (C=O) groups excluding carboxylic acids is 2. The third kappa shape index (κ3) is 5.09. The lowest BCUT2D eigenvalue weighted by molar-refractivity contribution is -0.114. The Morgan fingerprint density at radius 1 is 1.11 bits per heavy atom. The average Bonchev–Trinajstić information content (AvgIpc) is 3.29. The molecule has 0 aliphatic carbocycles. The maximum atomic E-state index is 15.2.